The van der Waals surface area contributed by atoms with Crippen molar-refractivity contribution in [3.8, 4) is 0 Å². The number of nitrogens with zero attached hydrogens (tertiary/aromatic N) is 3. The molecule has 6 rings (SSSR count). The van der Waals surface area contributed by atoms with Gasteiger partial charge in [-0.3, -0.25) is 4.79 Å². The van der Waals surface area contributed by atoms with Crippen LogP contribution in [0.2, 0.25) is 5.02 Å². The zero-order chi connectivity index (χ0) is 27.8. The third-order valence-corrected chi connectivity index (χ3v) is 11.7. The normalized spacial score (nSPS) is 40.2. The summed E-state index contributed by atoms with van der Waals surface area (Å²) in [5.41, 5.74) is -1.73. The van der Waals surface area contributed by atoms with Crippen molar-refractivity contribution >= 4 is 28.4 Å². The van der Waals surface area contributed by atoms with Gasteiger partial charge in [0.25, 0.3) is 0 Å². The van der Waals surface area contributed by atoms with E-state index in [-0.39, 0.29) is 53.8 Å². The number of ether oxygens (including phenoxy) is 1. The second-order valence-corrected chi connectivity index (χ2v) is 13.5. The molecule has 0 radical (unpaired) electrons. The Bertz CT molecular complexity index is 1270. The molecule has 1 aromatic heterocycles. The van der Waals surface area contributed by atoms with Crippen molar-refractivity contribution in [2.24, 2.45) is 40.4 Å². The smallest absolute Gasteiger partial charge is 0.384 e. The van der Waals surface area contributed by atoms with E-state index in [0.717, 1.165) is 32.1 Å². The maximum absolute atomic E-state index is 13.8. The van der Waals surface area contributed by atoms with Gasteiger partial charge in [0.2, 0.25) is 0 Å². The number of aromatic nitrogens is 3. The minimum Gasteiger partial charge on any atom is -0.384 e. The molecule has 8 atom stereocenters. The van der Waals surface area contributed by atoms with E-state index in [9.17, 15) is 23.1 Å². The fourth-order valence-corrected chi connectivity index (χ4v) is 9.80. The number of fused-ring (bicyclic) bond motifs is 6. The molecule has 6 nitrogen and oxygen atoms in total. The van der Waals surface area contributed by atoms with Crippen LogP contribution in [0, 0.1) is 40.4 Å². The number of methoxy groups -OCH3 is 1. The van der Waals surface area contributed by atoms with Gasteiger partial charge in [0.1, 0.15) is 17.6 Å². The Balaban J connectivity index is 1.22. The largest absolute Gasteiger partial charge is 0.417 e. The fraction of sp³-hybridized carbons (Fsp3) is 0.759. The molecule has 0 aliphatic heterocycles. The molecule has 10 heteroatoms. The van der Waals surface area contributed by atoms with Crippen LogP contribution in [0.1, 0.15) is 64.7 Å². The lowest BCUT2D eigenvalue weighted by molar-refractivity contribution is -0.294. The van der Waals surface area contributed by atoms with Gasteiger partial charge in [0.05, 0.1) is 6.61 Å². The molecular formula is C29H37ClF3N3O3. The molecule has 1 aromatic carbocycles. The number of rotatable bonds is 5. The quantitative estimate of drug-likeness (QED) is 0.463. The Morgan fingerprint density at radius 2 is 1.87 bits per heavy atom. The van der Waals surface area contributed by atoms with Crippen LogP contribution in [0.25, 0.3) is 11.0 Å². The van der Waals surface area contributed by atoms with Gasteiger partial charge in [-0.05, 0) is 110 Å². The monoisotopic (exact) mass is 567 g/mol. The number of benzene rings is 1. The van der Waals surface area contributed by atoms with Crippen molar-refractivity contribution < 1.29 is 27.8 Å². The minimum absolute atomic E-state index is 0.0843. The standard InChI is InChI=1S/C29H37ClF3N3O3/c1-26-10-9-21-19(5-3-17-14-28(38,29(31,32)33)12-11-27(17,21)16-39-2)20(26)6-7-22(26)25(37)15-36-34-23-8-4-18(30)13-24(23)35-36/h4,8,13,17,19-22,38H,3,5-7,9-12,14-16H2,1-2H3/t17-,19+,20+,21+,22-,26+,27-,28-/m1/s1. The van der Waals surface area contributed by atoms with Crippen LogP contribution < -0.4 is 0 Å². The molecule has 4 aliphatic carbocycles. The van der Waals surface area contributed by atoms with Gasteiger partial charge in [0.15, 0.2) is 11.4 Å². The summed E-state index contributed by atoms with van der Waals surface area (Å²) in [7, 11) is 1.64. The predicted molar refractivity (Wildman–Crippen MR) is 140 cm³/mol. The molecule has 2 aromatic rings. The molecule has 1 heterocycles. The number of hydrogen-bond donors (Lipinski definition) is 1. The van der Waals surface area contributed by atoms with Crippen LogP contribution >= 0.6 is 11.6 Å². The minimum atomic E-state index is -4.62. The molecule has 214 valence electrons. The number of halogens is 4. The van der Waals surface area contributed by atoms with Gasteiger partial charge in [-0.25, -0.2) is 0 Å². The number of hydrogen-bond acceptors (Lipinski definition) is 5. The van der Waals surface area contributed by atoms with Gasteiger partial charge < -0.3 is 9.84 Å². The number of alkyl halides is 3. The first-order valence-corrected chi connectivity index (χ1v) is 14.6. The molecule has 1 N–H and O–H groups in total. The Labute approximate surface area is 231 Å². The molecule has 4 fully saturated rings. The summed E-state index contributed by atoms with van der Waals surface area (Å²) in [4.78, 5) is 15.1. The van der Waals surface area contributed by atoms with Crippen molar-refractivity contribution in [1.82, 2.24) is 15.0 Å². The second-order valence-electron chi connectivity index (χ2n) is 13.1. The molecule has 0 bridgehead atoms. The number of carbonyl (C=O) groups excluding carboxylic acids is 1. The van der Waals surface area contributed by atoms with E-state index < -0.39 is 11.8 Å². The number of ketones is 1. The highest BCUT2D eigenvalue weighted by Crippen LogP contribution is 2.69. The second kappa shape index (κ2) is 9.41. The van der Waals surface area contributed by atoms with Gasteiger partial charge in [0, 0.05) is 18.1 Å². The first kappa shape index (κ1) is 27.5. The molecule has 39 heavy (non-hydrogen) atoms. The zero-order valence-electron chi connectivity index (χ0n) is 22.5. The van der Waals surface area contributed by atoms with E-state index in [2.05, 4.69) is 17.1 Å². The summed E-state index contributed by atoms with van der Waals surface area (Å²) in [6.45, 7) is 2.81. The van der Waals surface area contributed by atoms with E-state index in [1.54, 1.807) is 25.3 Å². The molecule has 0 saturated heterocycles. The predicted octanol–water partition coefficient (Wildman–Crippen LogP) is 6.23. The third kappa shape index (κ3) is 4.24. The summed E-state index contributed by atoms with van der Waals surface area (Å²) >= 11 is 6.08. The summed E-state index contributed by atoms with van der Waals surface area (Å²) in [6, 6.07) is 5.30. The van der Waals surface area contributed by atoms with Crippen molar-refractivity contribution in [2.75, 3.05) is 13.7 Å². The average molecular weight is 568 g/mol. The fourth-order valence-electron chi connectivity index (χ4n) is 9.64. The van der Waals surface area contributed by atoms with E-state index in [0.29, 0.717) is 47.3 Å². The summed E-state index contributed by atoms with van der Waals surface area (Å²) in [5, 5.41) is 20.1. The molecular weight excluding hydrogens is 531 g/mol. The highest BCUT2D eigenvalue weighted by Gasteiger charge is 2.66. The van der Waals surface area contributed by atoms with Crippen molar-refractivity contribution in [3.05, 3.63) is 23.2 Å². The topological polar surface area (TPSA) is 77.2 Å². The van der Waals surface area contributed by atoms with Crippen LogP contribution in [-0.4, -0.2) is 51.4 Å². The summed E-state index contributed by atoms with van der Waals surface area (Å²) in [6.07, 6.45) is 0.273. The first-order valence-electron chi connectivity index (χ1n) is 14.2. The molecule has 4 aliphatic rings. The summed E-state index contributed by atoms with van der Waals surface area (Å²) < 4.78 is 47.0. The number of carbonyl (C=O) groups is 1. The zero-order valence-corrected chi connectivity index (χ0v) is 23.3. The van der Waals surface area contributed by atoms with E-state index >= 15 is 0 Å². The van der Waals surface area contributed by atoms with Crippen molar-refractivity contribution in [3.63, 3.8) is 0 Å². The SMILES string of the molecule is COC[C@]12CC[C@](O)(C(F)(F)F)C[C@H]1CC[C@H]1[C@@H]3CC[C@H](C(=O)Cn4nc5ccc(Cl)cc5n4)[C@@]3(C)CC[C@@H]12. The van der Waals surface area contributed by atoms with E-state index in [1.807, 2.05) is 0 Å². The van der Waals surface area contributed by atoms with Crippen LogP contribution in [0.3, 0.4) is 0 Å². The van der Waals surface area contributed by atoms with Gasteiger partial charge in [-0.2, -0.15) is 28.2 Å². The maximum Gasteiger partial charge on any atom is 0.417 e. The Hall–Kier alpha value is -1.71. The van der Waals surface area contributed by atoms with Crippen LogP contribution in [0.15, 0.2) is 18.2 Å². The van der Waals surface area contributed by atoms with E-state index in [1.165, 1.54) is 4.80 Å². The molecule has 4 saturated carbocycles. The van der Waals surface area contributed by atoms with Crippen LogP contribution in [0.4, 0.5) is 13.2 Å². The van der Waals surface area contributed by atoms with Gasteiger partial charge in [-0.15, -0.1) is 0 Å². The van der Waals surface area contributed by atoms with E-state index in [4.69, 9.17) is 16.3 Å². The number of Topliss-reactive ketones (excluding diaryl/α,β-unsaturated/α-hetero) is 1. The Morgan fingerprint density at radius 3 is 2.62 bits per heavy atom. The van der Waals surface area contributed by atoms with Crippen molar-refractivity contribution in [1.29, 1.82) is 0 Å². The van der Waals surface area contributed by atoms with Crippen LogP contribution in [-0.2, 0) is 16.1 Å². The lowest BCUT2D eigenvalue weighted by Gasteiger charge is -2.62. The average Bonchev–Trinajstić information content (AvgIpc) is 3.43. The molecule has 0 amide bonds. The third-order valence-electron chi connectivity index (χ3n) is 11.4. The highest BCUT2D eigenvalue weighted by atomic mass is 35.5. The van der Waals surface area contributed by atoms with Gasteiger partial charge >= 0.3 is 6.18 Å². The lowest BCUT2D eigenvalue weighted by Crippen LogP contribution is -2.61. The van der Waals surface area contributed by atoms with Crippen molar-refractivity contribution in [2.45, 2.75) is 83.0 Å². The maximum atomic E-state index is 13.8. The van der Waals surface area contributed by atoms with Gasteiger partial charge in [-0.1, -0.05) is 18.5 Å². The summed E-state index contributed by atoms with van der Waals surface area (Å²) in [5.74, 6) is 0.820. The Kier molecular flexibility index (Phi) is 6.63. The molecule has 0 unspecified atom stereocenters. The Morgan fingerprint density at radius 1 is 1.10 bits per heavy atom. The number of aliphatic hydroxyl groups is 1. The molecule has 0 spiro atoms. The first-order chi connectivity index (χ1) is 18.4. The lowest BCUT2D eigenvalue weighted by atomic mass is 9.43. The van der Waals surface area contributed by atoms with Crippen LogP contribution in [0.5, 0.6) is 0 Å². The highest BCUT2D eigenvalue weighted by molar-refractivity contribution is 6.31.